The summed E-state index contributed by atoms with van der Waals surface area (Å²) in [4.78, 5) is 16.0. The highest BCUT2D eigenvalue weighted by Gasteiger charge is 2.44. The summed E-state index contributed by atoms with van der Waals surface area (Å²) in [5.41, 5.74) is 1.81. The number of nitrogens with one attached hydrogen (secondary N) is 1. The molecule has 1 saturated heterocycles. The van der Waals surface area contributed by atoms with Crippen molar-refractivity contribution in [2.75, 3.05) is 31.6 Å². The summed E-state index contributed by atoms with van der Waals surface area (Å²) >= 11 is 0. The van der Waals surface area contributed by atoms with Crippen molar-refractivity contribution >= 4 is 11.6 Å². The van der Waals surface area contributed by atoms with Gasteiger partial charge in [-0.25, -0.2) is 0 Å². The Balaban J connectivity index is 1.96. The first-order chi connectivity index (χ1) is 14.1. The Bertz CT molecular complexity index is 744. The molecule has 4 nitrogen and oxygen atoms in total. The van der Waals surface area contributed by atoms with Crippen molar-refractivity contribution in [1.29, 1.82) is 0 Å². The topological polar surface area (TPSA) is 41.6 Å². The molecule has 0 bridgehead atoms. The van der Waals surface area contributed by atoms with Gasteiger partial charge in [-0.05, 0) is 24.1 Å². The lowest BCUT2D eigenvalue weighted by atomic mass is 9.71. The van der Waals surface area contributed by atoms with Crippen molar-refractivity contribution in [3.8, 4) is 0 Å². The first kappa shape index (κ1) is 21.5. The number of benzene rings is 2. The number of anilines is 1. The fraction of sp³-hybridized carbons (Fsp3) is 0.480. The number of para-hydroxylation sites is 1. The van der Waals surface area contributed by atoms with Gasteiger partial charge in [-0.2, -0.15) is 0 Å². The van der Waals surface area contributed by atoms with E-state index in [0.29, 0.717) is 13.2 Å². The Hall–Kier alpha value is -2.17. The Morgan fingerprint density at radius 2 is 1.66 bits per heavy atom. The van der Waals surface area contributed by atoms with Gasteiger partial charge in [-0.3, -0.25) is 9.69 Å². The van der Waals surface area contributed by atoms with E-state index < -0.39 is 0 Å². The van der Waals surface area contributed by atoms with Crippen molar-refractivity contribution in [3.63, 3.8) is 0 Å². The van der Waals surface area contributed by atoms with Crippen LogP contribution in [-0.4, -0.2) is 43.2 Å². The van der Waals surface area contributed by atoms with Gasteiger partial charge in [-0.1, -0.05) is 81.6 Å². The molecule has 1 amide bonds. The summed E-state index contributed by atoms with van der Waals surface area (Å²) in [5, 5.41) is 3.18. The van der Waals surface area contributed by atoms with Crippen LogP contribution in [0.2, 0.25) is 0 Å². The van der Waals surface area contributed by atoms with E-state index in [2.05, 4.69) is 48.3 Å². The number of ether oxygens (including phenoxy) is 1. The monoisotopic (exact) mass is 394 g/mol. The van der Waals surface area contributed by atoms with Crippen molar-refractivity contribution in [3.05, 3.63) is 66.2 Å². The molecule has 0 radical (unpaired) electrons. The second-order valence-corrected chi connectivity index (χ2v) is 8.15. The molecule has 2 aromatic carbocycles. The second kappa shape index (κ2) is 10.6. The lowest BCUT2D eigenvalue weighted by Gasteiger charge is -2.45. The number of hydrogen-bond donors (Lipinski definition) is 1. The van der Waals surface area contributed by atoms with Crippen LogP contribution in [0.3, 0.4) is 0 Å². The molecule has 1 aliphatic rings. The Labute approximate surface area is 175 Å². The van der Waals surface area contributed by atoms with E-state index in [-0.39, 0.29) is 17.4 Å². The van der Waals surface area contributed by atoms with E-state index in [1.54, 1.807) is 0 Å². The molecule has 3 rings (SSSR count). The van der Waals surface area contributed by atoms with E-state index in [4.69, 9.17) is 4.74 Å². The predicted octanol–water partition coefficient (Wildman–Crippen LogP) is 4.86. The third-order valence-corrected chi connectivity index (χ3v) is 6.04. The van der Waals surface area contributed by atoms with Crippen molar-refractivity contribution < 1.29 is 9.53 Å². The fourth-order valence-corrected chi connectivity index (χ4v) is 4.43. The van der Waals surface area contributed by atoms with Crippen LogP contribution in [-0.2, 0) is 14.9 Å². The number of carbonyl (C=O) groups is 1. The van der Waals surface area contributed by atoms with E-state index in [1.807, 2.05) is 36.4 Å². The van der Waals surface area contributed by atoms with Crippen LogP contribution in [0.15, 0.2) is 60.7 Å². The van der Waals surface area contributed by atoms with Crippen LogP contribution < -0.4 is 5.32 Å². The standard InChI is InChI=1S/C25H34N2O2/c1-3-4-11-16-25(2,21-12-7-5-8-13-21)23(27-17-19-29-20-18-27)24(28)26-22-14-9-6-10-15-22/h5-10,12-15,23H,3-4,11,16-20H2,1-2H3,(H,26,28). The van der Waals surface area contributed by atoms with Crippen LogP contribution in [0.25, 0.3) is 0 Å². The zero-order chi connectivity index (χ0) is 20.5. The molecule has 4 heteroatoms. The molecule has 1 fully saturated rings. The summed E-state index contributed by atoms with van der Waals surface area (Å²) in [6, 6.07) is 20.1. The van der Waals surface area contributed by atoms with Crippen LogP contribution in [0.5, 0.6) is 0 Å². The maximum absolute atomic E-state index is 13.7. The summed E-state index contributed by atoms with van der Waals surface area (Å²) in [6.45, 7) is 7.40. The summed E-state index contributed by atoms with van der Waals surface area (Å²) < 4.78 is 5.59. The second-order valence-electron chi connectivity index (χ2n) is 8.15. The number of hydrogen-bond acceptors (Lipinski definition) is 3. The summed E-state index contributed by atoms with van der Waals surface area (Å²) in [7, 11) is 0. The van der Waals surface area contributed by atoms with Crippen molar-refractivity contribution in [2.24, 2.45) is 0 Å². The molecule has 1 heterocycles. The van der Waals surface area contributed by atoms with Gasteiger partial charge in [0.05, 0.1) is 19.3 Å². The number of carbonyl (C=O) groups excluding carboxylic acids is 1. The van der Waals surface area contributed by atoms with Gasteiger partial charge < -0.3 is 10.1 Å². The molecule has 29 heavy (non-hydrogen) atoms. The average molecular weight is 395 g/mol. The Morgan fingerprint density at radius 3 is 2.28 bits per heavy atom. The van der Waals surface area contributed by atoms with E-state index in [9.17, 15) is 4.79 Å². The highest BCUT2D eigenvalue weighted by molar-refractivity contribution is 5.96. The van der Waals surface area contributed by atoms with E-state index in [0.717, 1.165) is 31.6 Å². The summed E-state index contributed by atoms with van der Waals surface area (Å²) in [5.74, 6) is 0.0703. The number of morpholine rings is 1. The smallest absolute Gasteiger partial charge is 0.242 e. The van der Waals surface area contributed by atoms with Gasteiger partial charge in [0, 0.05) is 24.2 Å². The minimum Gasteiger partial charge on any atom is -0.379 e. The van der Waals surface area contributed by atoms with Gasteiger partial charge in [0.2, 0.25) is 5.91 Å². The molecule has 2 atom stereocenters. The largest absolute Gasteiger partial charge is 0.379 e. The lowest BCUT2D eigenvalue weighted by Crippen LogP contribution is -2.58. The van der Waals surface area contributed by atoms with Gasteiger partial charge in [0.25, 0.3) is 0 Å². The predicted molar refractivity (Wildman–Crippen MR) is 119 cm³/mol. The highest BCUT2D eigenvalue weighted by Crippen LogP contribution is 2.37. The van der Waals surface area contributed by atoms with Crippen molar-refractivity contribution in [2.45, 2.75) is 51.0 Å². The molecule has 2 aromatic rings. The van der Waals surface area contributed by atoms with Crippen LogP contribution in [0.1, 0.15) is 45.1 Å². The minimum atomic E-state index is -0.271. The quantitative estimate of drug-likeness (QED) is 0.617. The maximum atomic E-state index is 13.7. The average Bonchev–Trinajstić information content (AvgIpc) is 2.76. The van der Waals surface area contributed by atoms with E-state index >= 15 is 0 Å². The molecule has 0 spiro atoms. The van der Waals surface area contributed by atoms with Crippen LogP contribution >= 0.6 is 0 Å². The summed E-state index contributed by atoms with van der Waals surface area (Å²) in [6.07, 6.45) is 4.44. The fourth-order valence-electron chi connectivity index (χ4n) is 4.43. The van der Waals surface area contributed by atoms with Crippen LogP contribution in [0.4, 0.5) is 5.69 Å². The molecule has 2 unspecified atom stereocenters. The Kier molecular flexibility index (Phi) is 7.84. The first-order valence-electron chi connectivity index (χ1n) is 10.9. The first-order valence-corrected chi connectivity index (χ1v) is 10.9. The molecule has 1 aliphatic heterocycles. The molecule has 156 valence electrons. The minimum absolute atomic E-state index is 0.0703. The Morgan fingerprint density at radius 1 is 1.03 bits per heavy atom. The molecule has 0 aliphatic carbocycles. The molecular weight excluding hydrogens is 360 g/mol. The molecule has 0 saturated carbocycles. The molecule has 0 aromatic heterocycles. The third kappa shape index (κ3) is 5.46. The highest BCUT2D eigenvalue weighted by atomic mass is 16.5. The number of nitrogens with zero attached hydrogens (tertiary/aromatic N) is 1. The zero-order valence-corrected chi connectivity index (χ0v) is 17.8. The van der Waals surface area contributed by atoms with E-state index in [1.165, 1.54) is 18.4 Å². The lowest BCUT2D eigenvalue weighted by molar-refractivity contribution is -0.126. The maximum Gasteiger partial charge on any atom is 0.242 e. The van der Waals surface area contributed by atoms with Crippen molar-refractivity contribution in [1.82, 2.24) is 4.90 Å². The SMILES string of the molecule is CCCCCC(C)(c1ccccc1)C(C(=O)Nc1ccccc1)N1CCOCC1. The molecule has 1 N–H and O–H groups in total. The third-order valence-electron chi connectivity index (χ3n) is 6.04. The van der Waals surface area contributed by atoms with Crippen LogP contribution in [0, 0.1) is 0 Å². The normalized spacial score (nSPS) is 18.0. The van der Waals surface area contributed by atoms with Gasteiger partial charge in [0.15, 0.2) is 0 Å². The zero-order valence-electron chi connectivity index (χ0n) is 17.8. The van der Waals surface area contributed by atoms with Gasteiger partial charge in [0.1, 0.15) is 0 Å². The number of rotatable bonds is 9. The number of amides is 1. The van der Waals surface area contributed by atoms with Gasteiger partial charge >= 0.3 is 0 Å². The number of unbranched alkanes of at least 4 members (excludes halogenated alkanes) is 2. The molecular formula is C25H34N2O2. The van der Waals surface area contributed by atoms with Gasteiger partial charge in [-0.15, -0.1) is 0 Å².